The van der Waals surface area contributed by atoms with Crippen molar-refractivity contribution in [2.24, 2.45) is 18.9 Å². The van der Waals surface area contributed by atoms with Crippen LogP contribution in [0.3, 0.4) is 0 Å². The van der Waals surface area contributed by atoms with Crippen LogP contribution in [0.1, 0.15) is 77.7 Å². The minimum Gasteiger partial charge on any atom is -0.378 e. The number of rotatable bonds is 4. The number of aromatic nitrogens is 2. The SMILES string of the molecule is Cn1cnc(C2CC3CC(O)(C#CC4(O)CC(c5ccc(C#N)cc5F)C4)CC3C2)c1C(=O)Nc1ccc(F)c(Cl)c1. The number of carbonyl (C=O) groups is 1. The predicted octanol–water partition coefficient (Wildman–Crippen LogP) is 5.42. The van der Waals surface area contributed by atoms with Gasteiger partial charge in [0.25, 0.3) is 5.91 Å². The van der Waals surface area contributed by atoms with E-state index in [2.05, 4.69) is 22.1 Å². The highest BCUT2D eigenvalue weighted by atomic mass is 35.5. The average molecular weight is 591 g/mol. The molecule has 1 amide bonds. The van der Waals surface area contributed by atoms with Crippen molar-refractivity contribution >= 4 is 23.2 Å². The molecule has 0 saturated heterocycles. The first kappa shape index (κ1) is 28.4. The molecule has 2 atom stereocenters. The van der Waals surface area contributed by atoms with E-state index in [-0.39, 0.29) is 53.0 Å². The van der Waals surface area contributed by atoms with E-state index in [1.165, 1.54) is 24.3 Å². The van der Waals surface area contributed by atoms with Crippen LogP contribution in [0.4, 0.5) is 14.5 Å². The third-order valence-corrected chi connectivity index (χ3v) is 9.34. The Morgan fingerprint density at radius 3 is 2.31 bits per heavy atom. The topological polar surface area (TPSA) is 111 Å². The Morgan fingerprint density at radius 2 is 1.69 bits per heavy atom. The Labute approximate surface area is 247 Å². The average Bonchev–Trinajstić information content (AvgIpc) is 3.59. The molecule has 10 heteroatoms. The molecular weight excluding hydrogens is 562 g/mol. The maximum Gasteiger partial charge on any atom is 0.274 e. The Bertz CT molecular complexity index is 1670. The number of carbonyl (C=O) groups excluding carboxylic acids is 1. The smallest absolute Gasteiger partial charge is 0.274 e. The monoisotopic (exact) mass is 590 g/mol. The number of nitriles is 1. The normalized spacial score (nSPS) is 29.6. The second-order valence-corrected chi connectivity index (χ2v) is 12.4. The van der Waals surface area contributed by atoms with Crippen LogP contribution in [0.5, 0.6) is 0 Å². The van der Waals surface area contributed by atoms with Crippen molar-refractivity contribution in [1.29, 1.82) is 5.26 Å². The Kier molecular flexibility index (Phi) is 7.09. The van der Waals surface area contributed by atoms with Gasteiger partial charge in [0.1, 0.15) is 28.5 Å². The van der Waals surface area contributed by atoms with Crippen LogP contribution < -0.4 is 5.32 Å². The summed E-state index contributed by atoms with van der Waals surface area (Å²) in [6.45, 7) is 0. The molecule has 2 aromatic carbocycles. The van der Waals surface area contributed by atoms with E-state index in [1.54, 1.807) is 30.1 Å². The molecule has 2 unspecified atom stereocenters. The number of hydrogen-bond acceptors (Lipinski definition) is 5. The first-order chi connectivity index (χ1) is 20.0. The number of halogens is 3. The fourth-order valence-electron chi connectivity index (χ4n) is 7.01. The third kappa shape index (κ3) is 5.29. The van der Waals surface area contributed by atoms with Crippen LogP contribution in [-0.4, -0.2) is 36.9 Å². The maximum absolute atomic E-state index is 14.4. The number of anilines is 1. The number of benzene rings is 2. The molecule has 0 radical (unpaired) electrons. The van der Waals surface area contributed by atoms with E-state index in [0.29, 0.717) is 35.5 Å². The number of nitrogens with one attached hydrogen (secondary N) is 1. The highest BCUT2D eigenvalue weighted by Crippen LogP contribution is 2.54. The lowest BCUT2D eigenvalue weighted by molar-refractivity contribution is 0.00378. The van der Waals surface area contributed by atoms with Gasteiger partial charge in [-0.05, 0) is 92.2 Å². The molecule has 3 aromatic rings. The van der Waals surface area contributed by atoms with Crippen LogP contribution in [0.15, 0.2) is 42.7 Å². The maximum atomic E-state index is 14.4. The number of nitrogens with zero attached hydrogens (tertiary/aromatic N) is 3. The molecule has 0 bridgehead atoms. The van der Waals surface area contributed by atoms with E-state index in [9.17, 15) is 23.8 Å². The molecule has 3 aliphatic rings. The van der Waals surface area contributed by atoms with Gasteiger partial charge in [-0.2, -0.15) is 5.26 Å². The van der Waals surface area contributed by atoms with Crippen molar-refractivity contribution in [2.75, 3.05) is 5.32 Å². The van der Waals surface area contributed by atoms with Gasteiger partial charge in [-0.25, -0.2) is 13.8 Å². The van der Waals surface area contributed by atoms with Gasteiger partial charge in [0.05, 0.1) is 28.7 Å². The second-order valence-electron chi connectivity index (χ2n) is 12.0. The third-order valence-electron chi connectivity index (χ3n) is 9.05. The Balaban J connectivity index is 1.09. The highest BCUT2D eigenvalue weighted by molar-refractivity contribution is 6.31. The minimum atomic E-state index is -1.29. The highest BCUT2D eigenvalue weighted by Gasteiger charge is 2.50. The van der Waals surface area contributed by atoms with Gasteiger partial charge >= 0.3 is 0 Å². The molecule has 0 aliphatic heterocycles. The van der Waals surface area contributed by atoms with E-state index >= 15 is 0 Å². The Hall–Kier alpha value is -3.76. The molecule has 3 saturated carbocycles. The van der Waals surface area contributed by atoms with Gasteiger partial charge in [-0.3, -0.25) is 4.79 Å². The lowest BCUT2D eigenvalue weighted by atomic mass is 9.68. The fourth-order valence-corrected chi connectivity index (χ4v) is 7.19. The van der Waals surface area contributed by atoms with Crippen LogP contribution in [0.2, 0.25) is 5.02 Å². The summed E-state index contributed by atoms with van der Waals surface area (Å²) in [4.78, 5) is 17.7. The molecule has 3 fully saturated rings. The van der Waals surface area contributed by atoms with Crippen molar-refractivity contribution in [3.05, 3.63) is 81.9 Å². The summed E-state index contributed by atoms with van der Waals surface area (Å²) in [6, 6.07) is 10.3. The molecule has 1 heterocycles. The number of aliphatic hydroxyl groups is 2. The van der Waals surface area contributed by atoms with Crippen molar-refractivity contribution in [2.45, 2.75) is 61.6 Å². The van der Waals surface area contributed by atoms with Crippen molar-refractivity contribution < 1.29 is 23.8 Å². The second kappa shape index (κ2) is 10.5. The summed E-state index contributed by atoms with van der Waals surface area (Å²) < 4.78 is 29.6. The number of imidazole rings is 1. The zero-order valence-corrected chi connectivity index (χ0v) is 23.6. The van der Waals surface area contributed by atoms with Crippen molar-refractivity contribution in [3.8, 4) is 17.9 Å². The fraction of sp³-hybridized carbons (Fsp3) is 0.406. The van der Waals surface area contributed by atoms with E-state index < -0.39 is 22.8 Å². The van der Waals surface area contributed by atoms with Gasteiger partial charge in [-0.1, -0.05) is 29.5 Å². The number of fused-ring (bicyclic) bond motifs is 1. The quantitative estimate of drug-likeness (QED) is 0.351. The van der Waals surface area contributed by atoms with Crippen LogP contribution >= 0.6 is 11.6 Å². The van der Waals surface area contributed by atoms with Crippen LogP contribution in [-0.2, 0) is 7.05 Å². The minimum absolute atomic E-state index is 0.0372. The lowest BCUT2D eigenvalue weighted by Gasteiger charge is -2.40. The Morgan fingerprint density at radius 1 is 1.02 bits per heavy atom. The summed E-state index contributed by atoms with van der Waals surface area (Å²) in [5.74, 6) is 4.69. The van der Waals surface area contributed by atoms with E-state index in [0.717, 1.165) is 12.8 Å². The molecule has 7 nitrogen and oxygen atoms in total. The number of hydrogen-bond donors (Lipinski definition) is 3. The van der Waals surface area contributed by atoms with Gasteiger partial charge in [0.15, 0.2) is 0 Å². The van der Waals surface area contributed by atoms with Crippen LogP contribution in [0.25, 0.3) is 0 Å². The molecule has 0 spiro atoms. The zero-order valence-electron chi connectivity index (χ0n) is 22.9. The largest absolute Gasteiger partial charge is 0.378 e. The standard InChI is InChI=1S/C32H29ClF2N4O3/c1-39-17-37-28(29(39)30(40)38-23-3-5-26(34)25(33)11-23)19-9-20-12-31(41,13-21(20)10-19)6-7-32(42)14-22(15-32)24-4-2-18(16-36)8-27(24)35/h2-5,8,11,17,19-22,41-42H,9-10,12-15H2,1H3,(H,38,40). The van der Waals surface area contributed by atoms with E-state index in [4.69, 9.17) is 16.9 Å². The first-order valence-corrected chi connectivity index (χ1v) is 14.3. The molecule has 3 aliphatic carbocycles. The summed E-state index contributed by atoms with van der Waals surface area (Å²) in [6.07, 6.45) is 4.57. The van der Waals surface area contributed by atoms with E-state index in [1.807, 2.05) is 6.07 Å². The van der Waals surface area contributed by atoms with Gasteiger partial charge in [0, 0.05) is 18.7 Å². The first-order valence-electron chi connectivity index (χ1n) is 13.9. The summed E-state index contributed by atoms with van der Waals surface area (Å²) >= 11 is 5.86. The summed E-state index contributed by atoms with van der Waals surface area (Å²) in [5, 5.41) is 33.8. The molecule has 1 aromatic heterocycles. The zero-order chi connectivity index (χ0) is 29.8. The van der Waals surface area contributed by atoms with Gasteiger partial charge in [0.2, 0.25) is 0 Å². The summed E-state index contributed by atoms with van der Waals surface area (Å²) in [7, 11) is 1.75. The molecular formula is C32H29ClF2N4O3. The van der Waals surface area contributed by atoms with Gasteiger partial charge in [-0.15, -0.1) is 0 Å². The van der Waals surface area contributed by atoms with Crippen molar-refractivity contribution in [3.63, 3.8) is 0 Å². The van der Waals surface area contributed by atoms with Crippen LogP contribution in [0, 0.1) is 46.6 Å². The molecule has 42 heavy (non-hydrogen) atoms. The number of amides is 1. The van der Waals surface area contributed by atoms with Crippen molar-refractivity contribution in [1.82, 2.24) is 9.55 Å². The number of aryl methyl sites for hydroxylation is 1. The molecule has 6 rings (SSSR count). The predicted molar refractivity (Wildman–Crippen MR) is 152 cm³/mol. The lowest BCUT2D eigenvalue weighted by Crippen LogP contribution is -2.42. The van der Waals surface area contributed by atoms with Gasteiger partial charge < -0.3 is 20.1 Å². The summed E-state index contributed by atoms with van der Waals surface area (Å²) in [5.41, 5.74) is -0.289. The molecule has 3 N–H and O–H groups in total. The molecule has 216 valence electrons.